The molecule has 2 N–H and O–H groups in total. The van der Waals surface area contributed by atoms with E-state index in [2.05, 4.69) is 42.7 Å². The molecule has 0 heterocycles. The first-order chi connectivity index (χ1) is 22.8. The molecular weight excluding hydrogens is 615 g/mol. The molecule has 1 atom stereocenters. The number of ether oxygens (including phenoxy) is 2. The van der Waals surface area contributed by atoms with Crippen molar-refractivity contribution in [3.63, 3.8) is 0 Å². The van der Waals surface area contributed by atoms with Gasteiger partial charge in [-0.2, -0.15) is 0 Å². The first-order valence-electron chi connectivity index (χ1n) is 19.1. The van der Waals surface area contributed by atoms with Crippen molar-refractivity contribution in [1.82, 2.24) is 0 Å². The van der Waals surface area contributed by atoms with E-state index < -0.39 is 32.5 Å². The van der Waals surface area contributed by atoms with Crippen molar-refractivity contribution in [2.24, 2.45) is 0 Å². The van der Waals surface area contributed by atoms with E-state index in [9.17, 15) is 14.2 Å². The van der Waals surface area contributed by atoms with E-state index in [0.29, 0.717) is 6.42 Å². The summed E-state index contributed by atoms with van der Waals surface area (Å²) in [7, 11) is -4.75. The number of phosphoric ester groups is 1. The van der Waals surface area contributed by atoms with Crippen molar-refractivity contribution in [2.75, 3.05) is 13.2 Å². The molecule has 0 rings (SSSR count). The number of hydrogen-bond donors (Lipinski definition) is 2. The predicted molar refractivity (Wildman–Crippen MR) is 193 cm³/mol. The predicted octanol–water partition coefficient (Wildman–Crippen LogP) is 11.2. The minimum atomic E-state index is -4.75. The van der Waals surface area contributed by atoms with Gasteiger partial charge in [0.15, 0.2) is 6.10 Å². The number of unbranched alkanes of at least 4 members (excludes halogenated alkanes) is 21. The van der Waals surface area contributed by atoms with Gasteiger partial charge in [0.25, 0.3) is 0 Å². The lowest BCUT2D eigenvalue weighted by Crippen LogP contribution is -2.29. The van der Waals surface area contributed by atoms with Crippen molar-refractivity contribution < 1.29 is 37.9 Å². The summed E-state index contributed by atoms with van der Waals surface area (Å²) in [5.74, 6) is -0.889. The van der Waals surface area contributed by atoms with Crippen LogP contribution < -0.4 is 0 Å². The highest BCUT2D eigenvalue weighted by Gasteiger charge is 2.22. The number of hydrogen-bond acceptors (Lipinski definition) is 6. The maximum Gasteiger partial charge on any atom is 0.469 e. The monoisotopic (exact) mass is 686 g/mol. The summed E-state index contributed by atoms with van der Waals surface area (Å²) in [5.41, 5.74) is 0. The lowest BCUT2D eigenvalue weighted by atomic mass is 10.0. The van der Waals surface area contributed by atoms with Crippen molar-refractivity contribution in [3.05, 3.63) is 24.3 Å². The van der Waals surface area contributed by atoms with Crippen LogP contribution in [0.2, 0.25) is 0 Å². The quantitative estimate of drug-likeness (QED) is 0.0292. The average Bonchev–Trinajstić information content (AvgIpc) is 3.04. The molecule has 8 nitrogen and oxygen atoms in total. The molecule has 0 aliphatic carbocycles. The summed E-state index contributed by atoms with van der Waals surface area (Å²) >= 11 is 0. The Balaban J connectivity index is 3.95. The van der Waals surface area contributed by atoms with Gasteiger partial charge >= 0.3 is 19.8 Å². The summed E-state index contributed by atoms with van der Waals surface area (Å²) in [6.07, 6.45) is 37.5. The number of allylic oxidation sites excluding steroid dienone is 4. The van der Waals surface area contributed by atoms with Gasteiger partial charge in [-0.05, 0) is 44.9 Å². The van der Waals surface area contributed by atoms with Crippen LogP contribution in [0.15, 0.2) is 24.3 Å². The fraction of sp³-hybridized carbons (Fsp3) is 0.842. The Kier molecular flexibility index (Phi) is 33.3. The highest BCUT2D eigenvalue weighted by Crippen LogP contribution is 2.36. The lowest BCUT2D eigenvalue weighted by Gasteiger charge is -2.18. The molecule has 0 aliphatic rings. The van der Waals surface area contributed by atoms with Crippen LogP contribution in [0.25, 0.3) is 0 Å². The van der Waals surface area contributed by atoms with Gasteiger partial charge in [-0.25, -0.2) is 4.57 Å². The van der Waals surface area contributed by atoms with Crippen LogP contribution in [-0.4, -0.2) is 41.0 Å². The summed E-state index contributed by atoms with van der Waals surface area (Å²) in [6.45, 7) is 3.65. The highest BCUT2D eigenvalue weighted by molar-refractivity contribution is 7.46. The zero-order valence-corrected chi connectivity index (χ0v) is 31.1. The van der Waals surface area contributed by atoms with Crippen LogP contribution in [0.4, 0.5) is 0 Å². The SMILES string of the molecule is CCCCC/C=C\C/C=C\CCCCCCCCCC(=O)O[C@H](COC(=O)CCCCCCCCCCCCCC)COP(=O)(O)O. The van der Waals surface area contributed by atoms with Crippen LogP contribution in [0.5, 0.6) is 0 Å². The van der Waals surface area contributed by atoms with Crippen LogP contribution in [0.3, 0.4) is 0 Å². The molecule has 0 fully saturated rings. The molecule has 0 spiro atoms. The lowest BCUT2D eigenvalue weighted by molar-refractivity contribution is -0.161. The Bertz CT molecular complexity index is 823. The fourth-order valence-electron chi connectivity index (χ4n) is 5.34. The molecule has 0 saturated carbocycles. The van der Waals surface area contributed by atoms with E-state index in [-0.39, 0.29) is 19.4 Å². The molecule has 9 heteroatoms. The zero-order valence-electron chi connectivity index (χ0n) is 30.2. The maximum absolute atomic E-state index is 12.4. The molecule has 276 valence electrons. The third kappa shape index (κ3) is 37.2. The summed E-state index contributed by atoms with van der Waals surface area (Å²) in [6, 6.07) is 0. The van der Waals surface area contributed by atoms with E-state index in [4.69, 9.17) is 19.3 Å². The summed E-state index contributed by atoms with van der Waals surface area (Å²) in [5, 5.41) is 0. The molecule has 0 aromatic rings. The van der Waals surface area contributed by atoms with Gasteiger partial charge < -0.3 is 19.3 Å². The van der Waals surface area contributed by atoms with Crippen molar-refractivity contribution >= 4 is 19.8 Å². The Morgan fingerprint density at radius 1 is 0.553 bits per heavy atom. The van der Waals surface area contributed by atoms with Gasteiger partial charge in [0.1, 0.15) is 6.61 Å². The molecule has 0 aromatic heterocycles. The van der Waals surface area contributed by atoms with Gasteiger partial charge in [-0.1, -0.05) is 154 Å². The second-order valence-electron chi connectivity index (χ2n) is 12.9. The van der Waals surface area contributed by atoms with Gasteiger partial charge in [0, 0.05) is 12.8 Å². The number of carbonyl (C=O) groups is 2. The summed E-state index contributed by atoms with van der Waals surface area (Å²) < 4.78 is 26.3. The third-order valence-corrected chi connectivity index (χ3v) is 8.71. The minimum absolute atomic E-state index is 0.205. The Morgan fingerprint density at radius 2 is 0.957 bits per heavy atom. The number of esters is 2. The molecule has 0 bridgehead atoms. The second kappa shape index (κ2) is 34.4. The third-order valence-electron chi connectivity index (χ3n) is 8.22. The number of carbonyl (C=O) groups excluding carboxylic acids is 2. The van der Waals surface area contributed by atoms with Crippen LogP contribution in [0, 0.1) is 0 Å². The first kappa shape index (κ1) is 45.5. The topological polar surface area (TPSA) is 119 Å². The molecule has 0 radical (unpaired) electrons. The Morgan fingerprint density at radius 3 is 1.45 bits per heavy atom. The molecular formula is C38H71O8P. The normalized spacial score (nSPS) is 12.7. The van der Waals surface area contributed by atoms with E-state index in [1.165, 1.54) is 103 Å². The van der Waals surface area contributed by atoms with E-state index in [1.54, 1.807) is 0 Å². The number of phosphoric acid groups is 1. The molecule has 0 aliphatic heterocycles. The van der Waals surface area contributed by atoms with Crippen LogP contribution >= 0.6 is 7.82 Å². The van der Waals surface area contributed by atoms with E-state index in [1.807, 2.05) is 0 Å². The largest absolute Gasteiger partial charge is 0.469 e. The zero-order chi connectivity index (χ0) is 34.7. The molecule has 0 saturated heterocycles. The summed E-state index contributed by atoms with van der Waals surface area (Å²) in [4.78, 5) is 42.7. The Hall–Kier alpha value is -1.47. The molecule has 0 aromatic carbocycles. The smallest absolute Gasteiger partial charge is 0.462 e. The van der Waals surface area contributed by atoms with Gasteiger partial charge in [-0.15, -0.1) is 0 Å². The van der Waals surface area contributed by atoms with Crippen molar-refractivity contribution in [2.45, 2.75) is 193 Å². The fourth-order valence-corrected chi connectivity index (χ4v) is 5.70. The minimum Gasteiger partial charge on any atom is -0.462 e. The van der Waals surface area contributed by atoms with Crippen molar-refractivity contribution in [1.29, 1.82) is 0 Å². The molecule has 0 unspecified atom stereocenters. The molecule has 0 amide bonds. The van der Waals surface area contributed by atoms with Gasteiger partial charge in [0.2, 0.25) is 0 Å². The Labute approximate surface area is 288 Å². The van der Waals surface area contributed by atoms with Crippen molar-refractivity contribution in [3.8, 4) is 0 Å². The highest BCUT2D eigenvalue weighted by atomic mass is 31.2. The first-order valence-corrected chi connectivity index (χ1v) is 20.7. The van der Waals surface area contributed by atoms with Gasteiger partial charge in [0.05, 0.1) is 6.61 Å². The van der Waals surface area contributed by atoms with E-state index in [0.717, 1.165) is 51.4 Å². The second-order valence-corrected chi connectivity index (χ2v) is 14.1. The van der Waals surface area contributed by atoms with E-state index >= 15 is 0 Å². The van der Waals surface area contributed by atoms with Crippen LogP contribution in [0.1, 0.15) is 187 Å². The van der Waals surface area contributed by atoms with Crippen LogP contribution in [-0.2, 0) is 28.2 Å². The standard InChI is InChI=1S/C38H71O8P/c1-3-5-7-9-11-13-15-17-18-19-20-21-23-25-27-29-31-33-38(40)46-36(35-45-47(41,42)43)34-44-37(39)32-30-28-26-24-22-16-14-12-10-8-6-4-2/h11,13,17-18,36H,3-10,12,14-16,19-35H2,1-2H3,(H2,41,42,43)/b13-11-,18-17-/t36-/m1/s1. The molecule has 47 heavy (non-hydrogen) atoms. The van der Waals surface area contributed by atoms with Gasteiger partial charge in [-0.3, -0.25) is 14.1 Å². The maximum atomic E-state index is 12.4. The number of rotatable bonds is 35. The average molecular weight is 687 g/mol.